The zero-order valence-corrected chi connectivity index (χ0v) is 13.5. The molecular formula is C17H26N4O. The highest BCUT2D eigenvalue weighted by Gasteiger charge is 2.17. The van der Waals surface area contributed by atoms with Gasteiger partial charge < -0.3 is 16.0 Å². The van der Waals surface area contributed by atoms with Crippen molar-refractivity contribution in [2.24, 2.45) is 16.6 Å². The fourth-order valence-electron chi connectivity index (χ4n) is 2.56. The first-order valence-corrected chi connectivity index (χ1v) is 8.02. The van der Waals surface area contributed by atoms with E-state index in [1.807, 2.05) is 24.3 Å². The van der Waals surface area contributed by atoms with Gasteiger partial charge in [-0.15, -0.1) is 0 Å². The van der Waals surface area contributed by atoms with E-state index >= 15 is 0 Å². The highest BCUT2D eigenvalue weighted by molar-refractivity contribution is 5.94. The molecule has 1 saturated heterocycles. The molecule has 1 aliphatic rings. The average Bonchev–Trinajstić information content (AvgIpc) is 2.53. The maximum atomic E-state index is 12.0. The molecule has 1 heterocycles. The van der Waals surface area contributed by atoms with Crippen LogP contribution in [0, 0.1) is 5.92 Å². The number of nitrogens with two attached hydrogens (primary N) is 1. The normalized spacial score (nSPS) is 16.6. The van der Waals surface area contributed by atoms with Crippen LogP contribution in [0.1, 0.15) is 32.3 Å². The van der Waals surface area contributed by atoms with Gasteiger partial charge in [-0.1, -0.05) is 26.0 Å². The molecule has 22 heavy (non-hydrogen) atoms. The van der Waals surface area contributed by atoms with Gasteiger partial charge in [-0.25, -0.2) is 4.99 Å². The van der Waals surface area contributed by atoms with Crippen LogP contribution in [-0.2, 0) is 11.2 Å². The first-order chi connectivity index (χ1) is 10.6. The number of rotatable bonds is 4. The minimum absolute atomic E-state index is 0.0637. The number of amides is 1. The molecule has 5 nitrogen and oxygen atoms in total. The van der Waals surface area contributed by atoms with Crippen LogP contribution in [-0.4, -0.2) is 36.4 Å². The van der Waals surface area contributed by atoms with Crippen molar-refractivity contribution >= 4 is 17.6 Å². The number of carbonyl (C=O) groups is 1. The van der Waals surface area contributed by atoms with Crippen LogP contribution in [0.4, 0.5) is 5.69 Å². The first kappa shape index (κ1) is 16.3. The Hall–Kier alpha value is -2.04. The second-order valence-corrected chi connectivity index (χ2v) is 5.95. The number of benzene rings is 1. The lowest BCUT2D eigenvalue weighted by molar-refractivity contribution is -0.114. The Balaban J connectivity index is 1.84. The van der Waals surface area contributed by atoms with Crippen molar-refractivity contribution in [3.63, 3.8) is 0 Å². The number of nitrogens with one attached hydrogen (secondary N) is 1. The second-order valence-electron chi connectivity index (χ2n) is 5.95. The van der Waals surface area contributed by atoms with E-state index in [4.69, 9.17) is 5.73 Å². The van der Waals surface area contributed by atoms with Crippen molar-refractivity contribution in [2.45, 2.75) is 33.1 Å². The number of guanidine groups is 1. The van der Waals surface area contributed by atoms with E-state index in [1.54, 1.807) is 0 Å². The van der Waals surface area contributed by atoms with Gasteiger partial charge in [-0.3, -0.25) is 4.79 Å². The third-order valence-electron chi connectivity index (χ3n) is 4.11. The summed E-state index contributed by atoms with van der Waals surface area (Å²) in [6.45, 7) is 6.26. The van der Waals surface area contributed by atoms with Gasteiger partial charge in [0, 0.05) is 18.8 Å². The fourth-order valence-corrected chi connectivity index (χ4v) is 2.56. The number of aliphatic imine (C=N–C) groups is 1. The Bertz CT molecular complexity index is 533. The van der Waals surface area contributed by atoms with E-state index in [-0.39, 0.29) is 12.5 Å². The molecule has 0 atom stereocenters. The second kappa shape index (κ2) is 7.82. The molecular weight excluding hydrogens is 276 g/mol. The summed E-state index contributed by atoms with van der Waals surface area (Å²) in [5.74, 6) is 1.09. The van der Waals surface area contributed by atoms with Crippen LogP contribution in [0.15, 0.2) is 29.3 Å². The summed E-state index contributed by atoms with van der Waals surface area (Å²) in [6, 6.07) is 7.86. The Kier molecular flexibility index (Phi) is 5.81. The van der Waals surface area contributed by atoms with Crippen LogP contribution in [0.3, 0.4) is 0 Å². The number of hydrogen-bond acceptors (Lipinski definition) is 2. The Morgan fingerprint density at radius 1 is 1.41 bits per heavy atom. The summed E-state index contributed by atoms with van der Waals surface area (Å²) in [5, 5.41) is 2.86. The molecule has 0 bridgehead atoms. The average molecular weight is 302 g/mol. The Morgan fingerprint density at radius 2 is 2.14 bits per heavy atom. The van der Waals surface area contributed by atoms with Crippen molar-refractivity contribution < 1.29 is 4.79 Å². The molecule has 1 aromatic rings. The third-order valence-corrected chi connectivity index (χ3v) is 4.11. The highest BCUT2D eigenvalue weighted by Crippen LogP contribution is 2.15. The number of carbonyl (C=O) groups excluding carboxylic acids is 1. The van der Waals surface area contributed by atoms with Crippen LogP contribution in [0.25, 0.3) is 0 Å². The van der Waals surface area contributed by atoms with Gasteiger partial charge in [0.1, 0.15) is 6.54 Å². The van der Waals surface area contributed by atoms with E-state index in [9.17, 15) is 4.79 Å². The summed E-state index contributed by atoms with van der Waals surface area (Å²) >= 11 is 0. The number of piperidine rings is 1. The van der Waals surface area contributed by atoms with Crippen LogP contribution in [0.5, 0.6) is 0 Å². The zero-order chi connectivity index (χ0) is 15.9. The predicted octanol–water partition coefficient (Wildman–Crippen LogP) is 2.23. The fraction of sp³-hybridized carbons (Fsp3) is 0.529. The molecule has 0 aromatic heterocycles. The van der Waals surface area contributed by atoms with E-state index in [2.05, 4.69) is 29.1 Å². The lowest BCUT2D eigenvalue weighted by Crippen LogP contribution is -2.42. The summed E-state index contributed by atoms with van der Waals surface area (Å²) in [7, 11) is 0. The number of anilines is 1. The van der Waals surface area contributed by atoms with Crippen molar-refractivity contribution in [1.29, 1.82) is 0 Å². The van der Waals surface area contributed by atoms with Gasteiger partial charge in [0.05, 0.1) is 0 Å². The maximum absolute atomic E-state index is 12.0. The van der Waals surface area contributed by atoms with Crippen molar-refractivity contribution in [1.82, 2.24) is 4.90 Å². The molecule has 0 spiro atoms. The van der Waals surface area contributed by atoms with Gasteiger partial charge in [-0.2, -0.15) is 0 Å². The molecule has 5 heteroatoms. The van der Waals surface area contributed by atoms with Crippen molar-refractivity contribution in [2.75, 3.05) is 25.0 Å². The summed E-state index contributed by atoms with van der Waals surface area (Å²) in [6.07, 6.45) is 3.21. The number of likely N-dealkylation sites (tertiary alicyclic amines) is 1. The van der Waals surface area contributed by atoms with Crippen molar-refractivity contribution in [3.8, 4) is 0 Å². The van der Waals surface area contributed by atoms with E-state index < -0.39 is 0 Å². The topological polar surface area (TPSA) is 70.7 Å². The SMILES string of the molecule is CCc1cccc(NC(=O)CN=C(N)N2CCC(C)CC2)c1. The van der Waals surface area contributed by atoms with Gasteiger partial charge in [0.2, 0.25) is 5.91 Å². The van der Waals surface area contributed by atoms with E-state index in [0.717, 1.165) is 44.0 Å². The molecule has 1 aliphatic heterocycles. The minimum atomic E-state index is -0.137. The van der Waals surface area contributed by atoms with E-state index in [1.165, 1.54) is 5.56 Å². The van der Waals surface area contributed by atoms with Gasteiger partial charge in [0.25, 0.3) is 0 Å². The molecule has 0 saturated carbocycles. The standard InChI is InChI=1S/C17H26N4O/c1-3-14-5-4-6-15(11-14)20-16(22)12-19-17(18)21-9-7-13(2)8-10-21/h4-6,11,13H,3,7-10,12H2,1-2H3,(H2,18,19)(H,20,22). The largest absolute Gasteiger partial charge is 0.370 e. The van der Waals surface area contributed by atoms with Crippen LogP contribution >= 0.6 is 0 Å². The monoisotopic (exact) mass is 302 g/mol. The van der Waals surface area contributed by atoms with Crippen LogP contribution in [0.2, 0.25) is 0 Å². The number of nitrogens with zero attached hydrogens (tertiary/aromatic N) is 2. The van der Waals surface area contributed by atoms with Crippen LogP contribution < -0.4 is 11.1 Å². The molecule has 0 aliphatic carbocycles. The molecule has 3 N–H and O–H groups in total. The number of aryl methyl sites for hydroxylation is 1. The zero-order valence-electron chi connectivity index (χ0n) is 13.5. The van der Waals surface area contributed by atoms with Gasteiger partial charge in [-0.05, 0) is 42.9 Å². The lowest BCUT2D eigenvalue weighted by atomic mass is 10.00. The summed E-state index contributed by atoms with van der Waals surface area (Å²) < 4.78 is 0. The quantitative estimate of drug-likeness (QED) is 0.662. The minimum Gasteiger partial charge on any atom is -0.370 e. The molecule has 1 amide bonds. The van der Waals surface area contributed by atoms with Crippen molar-refractivity contribution in [3.05, 3.63) is 29.8 Å². The van der Waals surface area contributed by atoms with E-state index in [0.29, 0.717) is 5.96 Å². The number of hydrogen-bond donors (Lipinski definition) is 2. The van der Waals surface area contributed by atoms with Gasteiger partial charge in [0.15, 0.2) is 5.96 Å². The Morgan fingerprint density at radius 3 is 2.82 bits per heavy atom. The first-order valence-electron chi connectivity index (χ1n) is 8.02. The molecule has 0 unspecified atom stereocenters. The highest BCUT2D eigenvalue weighted by atomic mass is 16.1. The smallest absolute Gasteiger partial charge is 0.246 e. The molecule has 1 fully saturated rings. The molecule has 120 valence electrons. The third kappa shape index (κ3) is 4.76. The Labute approximate surface area is 132 Å². The summed E-state index contributed by atoms with van der Waals surface area (Å²) in [5.41, 5.74) is 7.98. The predicted molar refractivity (Wildman–Crippen MR) is 90.9 cm³/mol. The summed E-state index contributed by atoms with van der Waals surface area (Å²) in [4.78, 5) is 18.2. The molecule has 1 aromatic carbocycles. The van der Waals surface area contributed by atoms with Gasteiger partial charge >= 0.3 is 0 Å². The lowest BCUT2D eigenvalue weighted by Gasteiger charge is -2.30. The molecule has 0 radical (unpaired) electrons. The maximum Gasteiger partial charge on any atom is 0.246 e. The molecule has 2 rings (SSSR count).